The summed E-state index contributed by atoms with van der Waals surface area (Å²) in [6.45, 7) is 9.41. The standard InChI is InChI=1S/C28H34N2O3/c1-3-32-26-12-9-23(10-13-26)20-29-15-17-30(18-16-29)21-25-11-14-27(31-2)28(19-25)33-22-24-7-5-4-6-8-24/h4-14,19H,3,15-18,20-22H2,1-2H3. The van der Waals surface area contributed by atoms with Gasteiger partial charge >= 0.3 is 0 Å². The molecule has 5 nitrogen and oxygen atoms in total. The number of methoxy groups -OCH3 is 1. The van der Waals surface area contributed by atoms with E-state index in [1.165, 1.54) is 11.1 Å². The van der Waals surface area contributed by atoms with Crippen LogP contribution in [0.15, 0.2) is 72.8 Å². The largest absolute Gasteiger partial charge is 0.494 e. The molecular formula is C28H34N2O3. The first kappa shape index (κ1) is 23.1. The van der Waals surface area contributed by atoms with E-state index in [-0.39, 0.29) is 0 Å². The molecule has 0 spiro atoms. The first-order valence-electron chi connectivity index (χ1n) is 11.7. The number of hydrogen-bond acceptors (Lipinski definition) is 5. The highest BCUT2D eigenvalue weighted by Gasteiger charge is 2.18. The molecule has 3 aromatic rings. The summed E-state index contributed by atoms with van der Waals surface area (Å²) in [6, 6.07) is 25.0. The summed E-state index contributed by atoms with van der Waals surface area (Å²) in [7, 11) is 1.69. The van der Waals surface area contributed by atoms with E-state index >= 15 is 0 Å². The minimum absolute atomic E-state index is 0.533. The predicted octanol–water partition coefficient (Wildman–Crippen LogP) is 4.99. The van der Waals surface area contributed by atoms with Crippen molar-refractivity contribution in [2.75, 3.05) is 39.9 Å². The molecule has 1 fully saturated rings. The van der Waals surface area contributed by atoms with Gasteiger partial charge in [-0.25, -0.2) is 0 Å². The topological polar surface area (TPSA) is 34.2 Å². The second-order valence-corrected chi connectivity index (χ2v) is 8.39. The van der Waals surface area contributed by atoms with E-state index < -0.39 is 0 Å². The van der Waals surface area contributed by atoms with Crippen LogP contribution in [0.2, 0.25) is 0 Å². The van der Waals surface area contributed by atoms with Crippen LogP contribution < -0.4 is 14.2 Å². The maximum atomic E-state index is 6.09. The summed E-state index contributed by atoms with van der Waals surface area (Å²) in [6.07, 6.45) is 0. The van der Waals surface area contributed by atoms with Crippen molar-refractivity contribution in [3.05, 3.63) is 89.5 Å². The van der Waals surface area contributed by atoms with Gasteiger partial charge in [-0.3, -0.25) is 9.80 Å². The summed E-state index contributed by atoms with van der Waals surface area (Å²) < 4.78 is 17.2. The molecule has 0 aliphatic carbocycles. The minimum atomic E-state index is 0.533. The van der Waals surface area contributed by atoms with Crippen LogP contribution in [0.4, 0.5) is 0 Å². The number of hydrogen-bond donors (Lipinski definition) is 0. The summed E-state index contributed by atoms with van der Waals surface area (Å²) in [5, 5.41) is 0. The molecule has 33 heavy (non-hydrogen) atoms. The lowest BCUT2D eigenvalue weighted by Gasteiger charge is -2.34. The highest BCUT2D eigenvalue weighted by molar-refractivity contribution is 5.43. The van der Waals surface area contributed by atoms with Crippen molar-refractivity contribution in [2.24, 2.45) is 0 Å². The lowest BCUT2D eigenvalue weighted by molar-refractivity contribution is 0.122. The monoisotopic (exact) mass is 446 g/mol. The van der Waals surface area contributed by atoms with Gasteiger partial charge in [0.15, 0.2) is 11.5 Å². The van der Waals surface area contributed by atoms with Crippen LogP contribution in [0, 0.1) is 0 Å². The van der Waals surface area contributed by atoms with Crippen molar-refractivity contribution in [3.8, 4) is 17.2 Å². The van der Waals surface area contributed by atoms with E-state index in [1.807, 2.05) is 31.2 Å². The summed E-state index contributed by atoms with van der Waals surface area (Å²) >= 11 is 0. The molecule has 1 aliphatic rings. The van der Waals surface area contributed by atoms with Crippen LogP contribution in [0.1, 0.15) is 23.6 Å². The Hall–Kier alpha value is -3.02. The van der Waals surface area contributed by atoms with Gasteiger partial charge in [0.05, 0.1) is 13.7 Å². The molecule has 0 atom stereocenters. The number of benzene rings is 3. The summed E-state index contributed by atoms with van der Waals surface area (Å²) in [5.41, 5.74) is 3.73. The molecule has 0 unspecified atom stereocenters. The average Bonchev–Trinajstić information content (AvgIpc) is 2.86. The molecule has 0 bridgehead atoms. The van der Waals surface area contributed by atoms with Crippen molar-refractivity contribution in [1.82, 2.24) is 9.80 Å². The molecule has 1 aliphatic heterocycles. The summed E-state index contributed by atoms with van der Waals surface area (Å²) in [4.78, 5) is 5.03. The van der Waals surface area contributed by atoms with Gasteiger partial charge in [-0.05, 0) is 47.9 Å². The van der Waals surface area contributed by atoms with Crippen molar-refractivity contribution in [1.29, 1.82) is 0 Å². The van der Waals surface area contributed by atoms with Crippen molar-refractivity contribution >= 4 is 0 Å². The number of piperazine rings is 1. The Balaban J connectivity index is 1.28. The summed E-state index contributed by atoms with van der Waals surface area (Å²) in [5.74, 6) is 2.51. The Kier molecular flexibility index (Phi) is 8.23. The van der Waals surface area contributed by atoms with Gasteiger partial charge < -0.3 is 14.2 Å². The van der Waals surface area contributed by atoms with Crippen LogP contribution in [0.3, 0.4) is 0 Å². The lowest BCUT2D eigenvalue weighted by atomic mass is 10.1. The molecular weight excluding hydrogens is 412 g/mol. The zero-order chi connectivity index (χ0) is 22.9. The first-order chi connectivity index (χ1) is 16.2. The fraction of sp³-hybridized carbons (Fsp3) is 0.357. The third-order valence-corrected chi connectivity index (χ3v) is 5.98. The van der Waals surface area contributed by atoms with Crippen LogP contribution in [0.25, 0.3) is 0 Å². The molecule has 0 N–H and O–H groups in total. The fourth-order valence-corrected chi connectivity index (χ4v) is 4.15. The molecule has 0 amide bonds. The number of nitrogens with zero attached hydrogens (tertiary/aromatic N) is 2. The lowest BCUT2D eigenvalue weighted by Crippen LogP contribution is -2.45. The molecule has 174 valence electrons. The van der Waals surface area contributed by atoms with Gasteiger partial charge in [0.2, 0.25) is 0 Å². The Bertz CT molecular complexity index is 984. The third-order valence-electron chi connectivity index (χ3n) is 5.98. The minimum Gasteiger partial charge on any atom is -0.494 e. The van der Waals surface area contributed by atoms with Gasteiger partial charge in [0, 0.05) is 39.3 Å². The molecule has 0 saturated carbocycles. The van der Waals surface area contributed by atoms with Crippen LogP contribution in [-0.2, 0) is 19.7 Å². The van der Waals surface area contributed by atoms with Crippen molar-refractivity contribution in [3.63, 3.8) is 0 Å². The molecule has 1 heterocycles. The molecule has 0 aromatic heterocycles. The fourth-order valence-electron chi connectivity index (χ4n) is 4.15. The normalized spacial score (nSPS) is 14.7. The number of ether oxygens (including phenoxy) is 3. The highest BCUT2D eigenvalue weighted by Crippen LogP contribution is 2.29. The zero-order valence-electron chi connectivity index (χ0n) is 19.7. The van der Waals surface area contributed by atoms with E-state index in [9.17, 15) is 0 Å². The molecule has 0 radical (unpaired) electrons. The second kappa shape index (κ2) is 11.7. The van der Waals surface area contributed by atoms with Crippen LogP contribution in [0.5, 0.6) is 17.2 Å². The van der Waals surface area contributed by atoms with E-state index in [2.05, 4.69) is 58.3 Å². The number of rotatable bonds is 10. The maximum Gasteiger partial charge on any atom is 0.161 e. The Morgan fingerprint density at radius 2 is 1.30 bits per heavy atom. The van der Waals surface area contributed by atoms with Crippen molar-refractivity contribution in [2.45, 2.75) is 26.6 Å². The second-order valence-electron chi connectivity index (χ2n) is 8.39. The first-order valence-corrected chi connectivity index (χ1v) is 11.7. The van der Waals surface area contributed by atoms with Crippen LogP contribution in [-0.4, -0.2) is 49.7 Å². The van der Waals surface area contributed by atoms with Gasteiger partial charge in [-0.2, -0.15) is 0 Å². The zero-order valence-corrected chi connectivity index (χ0v) is 19.7. The Morgan fingerprint density at radius 3 is 1.94 bits per heavy atom. The Morgan fingerprint density at radius 1 is 0.667 bits per heavy atom. The van der Waals surface area contributed by atoms with E-state index in [0.29, 0.717) is 13.2 Å². The van der Waals surface area contributed by atoms with E-state index in [0.717, 1.165) is 62.1 Å². The van der Waals surface area contributed by atoms with Crippen molar-refractivity contribution < 1.29 is 14.2 Å². The third kappa shape index (κ3) is 6.73. The molecule has 4 rings (SSSR count). The van der Waals surface area contributed by atoms with Gasteiger partial charge in [0.25, 0.3) is 0 Å². The van der Waals surface area contributed by atoms with Gasteiger partial charge in [-0.1, -0.05) is 48.5 Å². The molecule has 3 aromatic carbocycles. The van der Waals surface area contributed by atoms with Crippen LogP contribution >= 0.6 is 0 Å². The maximum absolute atomic E-state index is 6.09. The molecule has 1 saturated heterocycles. The van der Waals surface area contributed by atoms with E-state index in [4.69, 9.17) is 14.2 Å². The van der Waals surface area contributed by atoms with Gasteiger partial charge in [-0.15, -0.1) is 0 Å². The quantitative estimate of drug-likeness (QED) is 0.438. The Labute approximate surface area is 197 Å². The molecule has 5 heteroatoms. The SMILES string of the molecule is CCOc1ccc(CN2CCN(Cc3ccc(OC)c(OCc4ccccc4)c3)CC2)cc1. The average molecular weight is 447 g/mol. The van der Waals surface area contributed by atoms with E-state index in [1.54, 1.807) is 7.11 Å². The smallest absolute Gasteiger partial charge is 0.161 e. The van der Waals surface area contributed by atoms with Gasteiger partial charge in [0.1, 0.15) is 12.4 Å². The highest BCUT2D eigenvalue weighted by atomic mass is 16.5. The predicted molar refractivity (Wildman–Crippen MR) is 132 cm³/mol.